The van der Waals surface area contributed by atoms with Crippen molar-refractivity contribution < 1.29 is 9.52 Å². The lowest BCUT2D eigenvalue weighted by atomic mass is 10.1. The van der Waals surface area contributed by atoms with Crippen LogP contribution in [0.5, 0.6) is 5.75 Å². The Bertz CT molecular complexity index is 659. The third kappa shape index (κ3) is 1.91. The zero-order valence-electron chi connectivity index (χ0n) is 9.76. The number of phenols is 1. The summed E-state index contributed by atoms with van der Waals surface area (Å²) in [7, 11) is 0. The molecule has 90 valence electrons. The summed E-state index contributed by atoms with van der Waals surface area (Å²) in [5.74, 6) is 0.305. The molecule has 0 aliphatic heterocycles. The maximum Gasteiger partial charge on any atom is 0.123 e. The molecule has 0 bridgehead atoms. The van der Waals surface area contributed by atoms with Crippen molar-refractivity contribution in [1.29, 1.82) is 0 Å². The van der Waals surface area contributed by atoms with Gasteiger partial charge in [-0.25, -0.2) is 0 Å². The van der Waals surface area contributed by atoms with Gasteiger partial charge in [0.15, 0.2) is 0 Å². The average Bonchev–Trinajstić information content (AvgIpc) is 2.90. The second kappa shape index (κ2) is 4.45. The Labute approximate surface area is 105 Å². The van der Waals surface area contributed by atoms with Gasteiger partial charge in [-0.05, 0) is 18.2 Å². The number of nitrogens with one attached hydrogen (secondary N) is 1. The third-order valence-corrected chi connectivity index (χ3v) is 2.96. The summed E-state index contributed by atoms with van der Waals surface area (Å²) in [6.45, 7) is 0.700. The number of hydrogen-bond acceptors (Lipinski definition) is 3. The SMILES string of the molecule is Oc1cccc2c(NCc3ccoc3)cccc12. The number of rotatable bonds is 3. The molecule has 3 rings (SSSR count). The summed E-state index contributed by atoms with van der Waals surface area (Å²) in [6.07, 6.45) is 3.38. The van der Waals surface area contributed by atoms with Crippen LogP contribution in [0.4, 0.5) is 5.69 Å². The molecule has 1 aromatic heterocycles. The molecular formula is C15H13NO2. The maximum atomic E-state index is 9.81. The molecule has 0 fully saturated rings. The van der Waals surface area contributed by atoms with Crippen molar-refractivity contribution >= 4 is 16.5 Å². The minimum Gasteiger partial charge on any atom is -0.507 e. The zero-order valence-corrected chi connectivity index (χ0v) is 9.76. The Hall–Kier alpha value is -2.42. The average molecular weight is 239 g/mol. The Kier molecular flexibility index (Phi) is 2.65. The van der Waals surface area contributed by atoms with Gasteiger partial charge in [0.25, 0.3) is 0 Å². The molecule has 0 aliphatic carbocycles. The minimum absolute atomic E-state index is 0.305. The first kappa shape index (κ1) is 10.7. The lowest BCUT2D eigenvalue weighted by molar-refractivity contribution is 0.481. The molecule has 0 amide bonds. The second-order valence-corrected chi connectivity index (χ2v) is 4.16. The van der Waals surface area contributed by atoms with E-state index < -0.39 is 0 Å². The van der Waals surface area contributed by atoms with Crippen molar-refractivity contribution in [1.82, 2.24) is 0 Å². The molecule has 0 unspecified atom stereocenters. The van der Waals surface area contributed by atoms with Crippen LogP contribution in [0.15, 0.2) is 59.4 Å². The molecule has 2 aromatic carbocycles. The van der Waals surface area contributed by atoms with Crippen LogP contribution in [0.1, 0.15) is 5.56 Å². The van der Waals surface area contributed by atoms with Crippen LogP contribution in [0, 0.1) is 0 Å². The summed E-state index contributed by atoms with van der Waals surface area (Å²) >= 11 is 0. The van der Waals surface area contributed by atoms with Crippen molar-refractivity contribution in [2.75, 3.05) is 5.32 Å². The van der Waals surface area contributed by atoms with Gasteiger partial charge in [-0.3, -0.25) is 0 Å². The fourth-order valence-electron chi connectivity index (χ4n) is 2.04. The summed E-state index contributed by atoms with van der Waals surface area (Å²) in [4.78, 5) is 0. The first-order valence-electron chi connectivity index (χ1n) is 5.80. The molecule has 0 saturated heterocycles. The van der Waals surface area contributed by atoms with Gasteiger partial charge in [0.05, 0.1) is 12.5 Å². The lowest BCUT2D eigenvalue weighted by Gasteiger charge is -2.09. The Morgan fingerprint density at radius 1 is 1.00 bits per heavy atom. The van der Waals surface area contributed by atoms with E-state index in [0.717, 1.165) is 22.0 Å². The second-order valence-electron chi connectivity index (χ2n) is 4.16. The molecule has 0 atom stereocenters. The van der Waals surface area contributed by atoms with E-state index in [-0.39, 0.29) is 0 Å². The molecule has 0 spiro atoms. The quantitative estimate of drug-likeness (QED) is 0.731. The normalized spacial score (nSPS) is 10.7. The highest BCUT2D eigenvalue weighted by molar-refractivity contribution is 5.97. The van der Waals surface area contributed by atoms with Crippen LogP contribution in [-0.4, -0.2) is 5.11 Å². The van der Waals surface area contributed by atoms with Crippen LogP contribution < -0.4 is 5.32 Å². The fraction of sp³-hybridized carbons (Fsp3) is 0.0667. The summed E-state index contributed by atoms with van der Waals surface area (Å²) in [5, 5.41) is 15.0. The van der Waals surface area contributed by atoms with E-state index in [9.17, 15) is 5.11 Å². The van der Waals surface area contributed by atoms with Gasteiger partial charge in [0.2, 0.25) is 0 Å². The monoisotopic (exact) mass is 239 g/mol. The van der Waals surface area contributed by atoms with Gasteiger partial charge in [-0.15, -0.1) is 0 Å². The van der Waals surface area contributed by atoms with Crippen molar-refractivity contribution in [3.05, 3.63) is 60.6 Å². The topological polar surface area (TPSA) is 45.4 Å². The number of anilines is 1. The summed E-state index contributed by atoms with van der Waals surface area (Å²) in [6, 6.07) is 13.3. The molecular weight excluding hydrogens is 226 g/mol. The van der Waals surface area contributed by atoms with Crippen LogP contribution >= 0.6 is 0 Å². The van der Waals surface area contributed by atoms with E-state index in [1.165, 1.54) is 0 Å². The Morgan fingerprint density at radius 3 is 2.67 bits per heavy atom. The van der Waals surface area contributed by atoms with Gasteiger partial charge >= 0.3 is 0 Å². The first-order valence-corrected chi connectivity index (χ1v) is 5.80. The van der Waals surface area contributed by atoms with E-state index in [4.69, 9.17) is 4.42 Å². The van der Waals surface area contributed by atoms with E-state index in [1.54, 1.807) is 18.6 Å². The standard InChI is InChI=1S/C15H13NO2/c17-15-6-2-3-12-13(15)4-1-5-14(12)16-9-11-7-8-18-10-11/h1-8,10,16-17H,9H2. The number of fused-ring (bicyclic) bond motifs is 1. The summed E-state index contributed by atoms with van der Waals surface area (Å²) in [5.41, 5.74) is 2.09. The fourth-order valence-corrected chi connectivity index (χ4v) is 2.04. The Balaban J connectivity index is 1.94. The van der Waals surface area contributed by atoms with E-state index in [0.29, 0.717) is 12.3 Å². The largest absolute Gasteiger partial charge is 0.507 e. The van der Waals surface area contributed by atoms with Gasteiger partial charge in [-0.2, -0.15) is 0 Å². The molecule has 18 heavy (non-hydrogen) atoms. The highest BCUT2D eigenvalue weighted by Gasteiger charge is 2.03. The van der Waals surface area contributed by atoms with Crippen LogP contribution in [0.2, 0.25) is 0 Å². The summed E-state index contributed by atoms with van der Waals surface area (Å²) < 4.78 is 5.03. The van der Waals surface area contributed by atoms with Crippen LogP contribution in [0.3, 0.4) is 0 Å². The number of benzene rings is 2. The van der Waals surface area contributed by atoms with Crippen molar-refractivity contribution in [2.24, 2.45) is 0 Å². The molecule has 0 aliphatic rings. The van der Waals surface area contributed by atoms with Crippen molar-refractivity contribution in [3.8, 4) is 5.75 Å². The molecule has 3 heteroatoms. The van der Waals surface area contributed by atoms with Gasteiger partial charge in [-0.1, -0.05) is 24.3 Å². The van der Waals surface area contributed by atoms with Gasteiger partial charge < -0.3 is 14.8 Å². The molecule has 3 nitrogen and oxygen atoms in total. The molecule has 2 N–H and O–H groups in total. The van der Waals surface area contributed by atoms with E-state index >= 15 is 0 Å². The van der Waals surface area contributed by atoms with Crippen LogP contribution in [0.25, 0.3) is 10.8 Å². The van der Waals surface area contributed by atoms with Gasteiger partial charge in [0, 0.05) is 28.6 Å². The van der Waals surface area contributed by atoms with Gasteiger partial charge in [0.1, 0.15) is 5.75 Å². The number of hydrogen-bond donors (Lipinski definition) is 2. The maximum absolute atomic E-state index is 9.81. The zero-order chi connectivity index (χ0) is 12.4. The first-order chi connectivity index (χ1) is 8.84. The number of aromatic hydroxyl groups is 1. The third-order valence-electron chi connectivity index (χ3n) is 2.96. The lowest BCUT2D eigenvalue weighted by Crippen LogP contribution is -1.98. The molecule has 3 aromatic rings. The highest BCUT2D eigenvalue weighted by atomic mass is 16.3. The molecule has 1 heterocycles. The predicted octanol–water partition coefficient (Wildman–Crippen LogP) is 3.75. The molecule has 0 radical (unpaired) electrons. The van der Waals surface area contributed by atoms with E-state index in [1.807, 2.05) is 36.4 Å². The predicted molar refractivity (Wildman–Crippen MR) is 71.6 cm³/mol. The van der Waals surface area contributed by atoms with Crippen LogP contribution in [-0.2, 0) is 6.54 Å². The molecule has 0 saturated carbocycles. The highest BCUT2D eigenvalue weighted by Crippen LogP contribution is 2.29. The van der Waals surface area contributed by atoms with Crippen molar-refractivity contribution in [3.63, 3.8) is 0 Å². The number of phenolic OH excluding ortho intramolecular Hbond substituents is 1. The van der Waals surface area contributed by atoms with E-state index in [2.05, 4.69) is 5.32 Å². The number of furan rings is 1. The minimum atomic E-state index is 0.305. The smallest absolute Gasteiger partial charge is 0.123 e. The Morgan fingerprint density at radius 2 is 1.83 bits per heavy atom. The van der Waals surface area contributed by atoms with Crippen molar-refractivity contribution in [2.45, 2.75) is 6.54 Å².